The molecule has 0 heterocycles. The van der Waals surface area contributed by atoms with E-state index in [2.05, 4.69) is 6.08 Å². The normalized spacial score (nSPS) is 32.3. The average Bonchev–Trinajstić information content (AvgIpc) is 2.91. The molecular weight excluding hydrogens is 320 g/mol. The minimum absolute atomic E-state index is 0.0593. The molecule has 1 saturated carbocycles. The lowest BCUT2D eigenvalue weighted by atomic mass is 9.74. The zero-order valence-corrected chi connectivity index (χ0v) is 15.0. The fourth-order valence-electron chi connectivity index (χ4n) is 3.75. The Balaban J connectivity index is 2.36. The van der Waals surface area contributed by atoms with Gasteiger partial charge in [0.2, 0.25) is 0 Å². The number of hydrogen-bond donors (Lipinski definition) is 0. The van der Waals surface area contributed by atoms with Crippen LogP contribution in [-0.2, 0) is 23.9 Å². The number of methoxy groups -OCH3 is 1. The van der Waals surface area contributed by atoms with Crippen LogP contribution in [0.2, 0.25) is 0 Å². The molecule has 1 fully saturated rings. The quantitative estimate of drug-likeness (QED) is 0.414. The van der Waals surface area contributed by atoms with Gasteiger partial charge in [0.05, 0.1) is 7.11 Å². The molecule has 0 aromatic carbocycles. The van der Waals surface area contributed by atoms with Gasteiger partial charge in [0.15, 0.2) is 11.6 Å². The molecule has 0 bridgehead atoms. The predicted octanol–water partition coefficient (Wildman–Crippen LogP) is 3.12. The Morgan fingerprint density at radius 1 is 1.08 bits per heavy atom. The molecule has 2 aliphatic carbocycles. The molecule has 0 aliphatic heterocycles. The van der Waals surface area contributed by atoms with Gasteiger partial charge in [-0.15, -0.1) is 0 Å². The Hall–Kier alpha value is -2.04. The highest BCUT2D eigenvalue weighted by atomic mass is 16.5. The van der Waals surface area contributed by atoms with Crippen molar-refractivity contribution in [3.05, 3.63) is 23.8 Å². The number of esters is 1. The molecule has 2 atom stereocenters. The van der Waals surface area contributed by atoms with Crippen molar-refractivity contribution >= 4 is 23.3 Å². The lowest BCUT2D eigenvalue weighted by Crippen LogP contribution is -2.40. The maximum Gasteiger partial charge on any atom is 0.323 e. The summed E-state index contributed by atoms with van der Waals surface area (Å²) < 4.78 is 4.92. The van der Waals surface area contributed by atoms with Crippen LogP contribution in [-0.4, -0.2) is 30.4 Å². The highest BCUT2D eigenvalue weighted by Gasteiger charge is 2.54. The zero-order valence-electron chi connectivity index (χ0n) is 15.0. The van der Waals surface area contributed by atoms with Gasteiger partial charge in [-0.25, -0.2) is 0 Å². The molecule has 136 valence electrons. The van der Waals surface area contributed by atoms with Gasteiger partial charge in [-0.05, 0) is 44.6 Å². The Labute approximate surface area is 148 Å². The lowest BCUT2D eigenvalue weighted by molar-refractivity contribution is -0.155. The van der Waals surface area contributed by atoms with E-state index in [1.54, 1.807) is 0 Å². The lowest BCUT2D eigenvalue weighted by Gasteiger charge is -2.28. The highest BCUT2D eigenvalue weighted by molar-refractivity contribution is 6.08. The van der Waals surface area contributed by atoms with Gasteiger partial charge in [-0.1, -0.05) is 17.7 Å². The van der Waals surface area contributed by atoms with Gasteiger partial charge >= 0.3 is 5.97 Å². The maximum absolute atomic E-state index is 12.6. The summed E-state index contributed by atoms with van der Waals surface area (Å²) >= 11 is 0. The third kappa shape index (κ3) is 4.33. The van der Waals surface area contributed by atoms with E-state index in [4.69, 9.17) is 4.74 Å². The molecule has 0 unspecified atom stereocenters. The second kappa shape index (κ2) is 8.37. The molecule has 0 amide bonds. The van der Waals surface area contributed by atoms with E-state index in [9.17, 15) is 19.2 Å². The van der Waals surface area contributed by atoms with Crippen molar-refractivity contribution in [2.24, 2.45) is 11.3 Å². The van der Waals surface area contributed by atoms with Gasteiger partial charge in [-0.3, -0.25) is 19.2 Å². The fourth-order valence-corrected chi connectivity index (χ4v) is 3.75. The molecule has 0 aromatic rings. The molecule has 0 N–H and O–H groups in total. The Bertz CT molecular complexity index is 628. The number of ether oxygens (including phenoxy) is 1. The SMILES string of the molecule is COC(=O)[C@]12/C=C/C(=O)CCC(=O)CC/C(C)=C/CC[C@@H]1CCC2=O. The summed E-state index contributed by atoms with van der Waals surface area (Å²) in [5, 5.41) is 0. The van der Waals surface area contributed by atoms with Crippen LogP contribution in [0, 0.1) is 11.3 Å². The van der Waals surface area contributed by atoms with Gasteiger partial charge in [0.25, 0.3) is 0 Å². The first-order valence-electron chi connectivity index (χ1n) is 8.91. The number of fused-ring (bicyclic) bond motifs is 1. The molecule has 0 aromatic heterocycles. The van der Waals surface area contributed by atoms with Gasteiger partial charge in [-0.2, -0.15) is 0 Å². The first-order valence-corrected chi connectivity index (χ1v) is 8.91. The molecule has 0 spiro atoms. The standard InChI is InChI=1S/C20H26O5/c1-14-4-3-5-15-7-11-18(23)20(15,19(24)25-2)13-12-17(22)10-9-16(21)8-6-14/h4,12-13,15H,3,5-11H2,1-2H3/b13-12+,14-4+/t15-,20-/m1/s1. The van der Waals surface area contributed by atoms with Crippen LogP contribution in [0.3, 0.4) is 0 Å². The van der Waals surface area contributed by atoms with E-state index in [1.807, 2.05) is 6.92 Å². The van der Waals surface area contributed by atoms with Crippen molar-refractivity contribution in [2.45, 2.75) is 58.3 Å². The fraction of sp³-hybridized carbons (Fsp3) is 0.600. The van der Waals surface area contributed by atoms with Gasteiger partial charge < -0.3 is 4.74 Å². The van der Waals surface area contributed by atoms with Crippen LogP contribution in [0.4, 0.5) is 0 Å². The molecule has 2 aliphatic rings. The second-order valence-electron chi connectivity index (χ2n) is 6.99. The van der Waals surface area contributed by atoms with Crippen molar-refractivity contribution in [3.63, 3.8) is 0 Å². The van der Waals surface area contributed by atoms with E-state index < -0.39 is 11.4 Å². The van der Waals surface area contributed by atoms with E-state index in [0.717, 1.165) is 12.0 Å². The largest absolute Gasteiger partial charge is 0.468 e. The molecule has 0 saturated heterocycles. The van der Waals surface area contributed by atoms with Gasteiger partial charge in [0, 0.05) is 25.7 Å². The van der Waals surface area contributed by atoms with Crippen molar-refractivity contribution < 1.29 is 23.9 Å². The molecule has 25 heavy (non-hydrogen) atoms. The third-order valence-corrected chi connectivity index (χ3v) is 5.34. The number of rotatable bonds is 1. The topological polar surface area (TPSA) is 77.5 Å². The summed E-state index contributed by atoms with van der Waals surface area (Å²) in [6.07, 6.45) is 8.61. The number of Topliss-reactive ketones (excluding diaryl/α,β-unsaturated/α-hetero) is 2. The first-order chi connectivity index (χ1) is 11.9. The number of carbonyl (C=O) groups is 4. The van der Waals surface area contributed by atoms with Crippen molar-refractivity contribution in [1.82, 2.24) is 0 Å². The molecule has 5 nitrogen and oxygen atoms in total. The highest BCUT2D eigenvalue weighted by Crippen LogP contribution is 2.45. The van der Waals surface area contributed by atoms with E-state index in [1.165, 1.54) is 19.3 Å². The summed E-state index contributed by atoms with van der Waals surface area (Å²) in [6, 6.07) is 0. The summed E-state index contributed by atoms with van der Waals surface area (Å²) in [5.41, 5.74) is -0.236. The molecule has 5 heteroatoms. The summed E-state index contributed by atoms with van der Waals surface area (Å²) in [7, 11) is 1.27. The van der Waals surface area contributed by atoms with Gasteiger partial charge in [0.1, 0.15) is 11.2 Å². The predicted molar refractivity (Wildman–Crippen MR) is 92.8 cm³/mol. The Morgan fingerprint density at radius 3 is 2.52 bits per heavy atom. The summed E-state index contributed by atoms with van der Waals surface area (Å²) in [6.45, 7) is 1.98. The van der Waals surface area contributed by atoms with E-state index >= 15 is 0 Å². The van der Waals surface area contributed by atoms with Crippen LogP contribution in [0.25, 0.3) is 0 Å². The maximum atomic E-state index is 12.6. The average molecular weight is 346 g/mol. The second-order valence-corrected chi connectivity index (χ2v) is 6.99. The Kier molecular flexibility index (Phi) is 6.45. The number of carbonyl (C=O) groups excluding carboxylic acids is 4. The van der Waals surface area contributed by atoms with E-state index in [0.29, 0.717) is 32.1 Å². The minimum Gasteiger partial charge on any atom is -0.468 e. The van der Waals surface area contributed by atoms with Crippen LogP contribution in [0.15, 0.2) is 23.8 Å². The van der Waals surface area contributed by atoms with Crippen molar-refractivity contribution in [2.75, 3.05) is 7.11 Å². The van der Waals surface area contributed by atoms with Crippen molar-refractivity contribution in [3.8, 4) is 0 Å². The number of hydrogen-bond acceptors (Lipinski definition) is 5. The molecular formula is C20H26O5. The first kappa shape index (κ1) is 19.3. The van der Waals surface area contributed by atoms with Crippen LogP contribution in [0.5, 0.6) is 0 Å². The van der Waals surface area contributed by atoms with E-state index in [-0.39, 0.29) is 36.1 Å². The zero-order chi connectivity index (χ0) is 18.4. The minimum atomic E-state index is -1.36. The monoisotopic (exact) mass is 346 g/mol. The smallest absolute Gasteiger partial charge is 0.323 e. The van der Waals surface area contributed by atoms with Crippen LogP contribution < -0.4 is 0 Å². The molecule has 0 radical (unpaired) electrons. The summed E-state index contributed by atoms with van der Waals surface area (Å²) in [5.74, 6) is -1.11. The summed E-state index contributed by atoms with van der Waals surface area (Å²) in [4.78, 5) is 49.0. The number of ketones is 3. The third-order valence-electron chi connectivity index (χ3n) is 5.34. The van der Waals surface area contributed by atoms with Crippen LogP contribution in [0.1, 0.15) is 58.3 Å². The molecule has 2 rings (SSSR count). The number of allylic oxidation sites excluding steroid dienone is 3. The van der Waals surface area contributed by atoms with Crippen LogP contribution >= 0.6 is 0 Å². The van der Waals surface area contributed by atoms with Crippen molar-refractivity contribution in [1.29, 1.82) is 0 Å². The Morgan fingerprint density at radius 2 is 1.80 bits per heavy atom.